The van der Waals surface area contributed by atoms with Crippen LogP contribution in [0.1, 0.15) is 22.7 Å². The first-order valence-corrected chi connectivity index (χ1v) is 9.33. The molecule has 1 aliphatic carbocycles. The van der Waals surface area contributed by atoms with Gasteiger partial charge in [-0.2, -0.15) is 13.2 Å². The molecule has 1 amide bonds. The normalized spacial score (nSPS) is 14.2. The van der Waals surface area contributed by atoms with Crippen molar-refractivity contribution in [3.05, 3.63) is 89.5 Å². The largest absolute Gasteiger partial charge is 0.418 e. The van der Waals surface area contributed by atoms with Crippen molar-refractivity contribution in [2.24, 2.45) is 0 Å². The van der Waals surface area contributed by atoms with Crippen LogP contribution in [0.15, 0.2) is 72.8 Å². The topological polar surface area (TPSA) is 33.5 Å². The maximum Gasteiger partial charge on any atom is 0.418 e. The molecule has 0 fully saturated rings. The summed E-state index contributed by atoms with van der Waals surface area (Å²) in [5.41, 5.74) is 3.45. The molecular weight excluding hydrogens is 377 g/mol. The molecule has 0 heterocycles. The predicted molar refractivity (Wildman–Crippen MR) is 106 cm³/mol. The average molecular weight is 397 g/mol. The van der Waals surface area contributed by atoms with Crippen LogP contribution in [0.4, 0.5) is 18.9 Å². The Bertz CT molecular complexity index is 1020. The molecule has 0 saturated heterocycles. The van der Waals surface area contributed by atoms with Crippen LogP contribution in [0.25, 0.3) is 11.1 Å². The number of fused-ring (bicyclic) bond motifs is 3. The highest BCUT2D eigenvalue weighted by atomic mass is 19.4. The summed E-state index contributed by atoms with van der Waals surface area (Å²) in [6, 6.07) is 21.1. The van der Waals surface area contributed by atoms with Crippen LogP contribution in [-0.4, -0.2) is 19.5 Å². The zero-order valence-electron chi connectivity index (χ0n) is 15.8. The Kier molecular flexibility index (Phi) is 4.88. The van der Waals surface area contributed by atoms with Gasteiger partial charge in [-0.1, -0.05) is 60.7 Å². The van der Waals surface area contributed by atoms with E-state index in [1.165, 1.54) is 18.2 Å². The van der Waals surface area contributed by atoms with Crippen molar-refractivity contribution in [3.8, 4) is 11.1 Å². The van der Waals surface area contributed by atoms with Gasteiger partial charge in [0.25, 0.3) is 5.91 Å². The molecule has 4 rings (SSSR count). The second kappa shape index (κ2) is 7.37. The molecule has 0 bridgehead atoms. The maximum absolute atomic E-state index is 13.2. The summed E-state index contributed by atoms with van der Waals surface area (Å²) in [6.45, 7) is 0.0412. The van der Waals surface area contributed by atoms with E-state index < -0.39 is 17.6 Å². The number of amides is 1. The molecule has 0 spiro atoms. The number of carbonyl (C=O) groups excluding carboxylic acids is 1. The molecule has 1 atom stereocenters. The maximum atomic E-state index is 13.2. The van der Waals surface area contributed by atoms with Crippen LogP contribution in [0.3, 0.4) is 0 Å². The van der Waals surface area contributed by atoms with Gasteiger partial charge in [0.2, 0.25) is 0 Å². The van der Waals surface area contributed by atoms with Gasteiger partial charge < -0.3 is 10.2 Å². The van der Waals surface area contributed by atoms with Crippen molar-refractivity contribution in [2.75, 3.05) is 18.9 Å². The lowest BCUT2D eigenvalue weighted by molar-refractivity contribution is -0.897. The summed E-state index contributed by atoms with van der Waals surface area (Å²) in [7, 11) is 1.89. The first-order valence-electron chi connectivity index (χ1n) is 9.33. The number of rotatable bonds is 4. The molecular formula is C23H20F3N2O+. The monoisotopic (exact) mass is 397 g/mol. The zero-order valence-corrected chi connectivity index (χ0v) is 15.8. The summed E-state index contributed by atoms with van der Waals surface area (Å²) in [5, 5.41) is 2.44. The SMILES string of the molecule is C[NH+](CC(=O)Nc1ccccc1C(F)(F)F)C1c2ccccc2-c2ccccc21. The molecule has 29 heavy (non-hydrogen) atoms. The summed E-state index contributed by atoms with van der Waals surface area (Å²) >= 11 is 0. The quantitative estimate of drug-likeness (QED) is 0.687. The van der Waals surface area contributed by atoms with Crippen LogP contribution >= 0.6 is 0 Å². The Labute approximate surface area is 166 Å². The number of para-hydroxylation sites is 1. The number of halogens is 3. The second-order valence-corrected chi connectivity index (χ2v) is 7.22. The molecule has 3 aromatic carbocycles. The van der Waals surface area contributed by atoms with Gasteiger partial charge >= 0.3 is 6.18 Å². The molecule has 2 N–H and O–H groups in total. The Hall–Kier alpha value is -3.12. The number of nitrogens with one attached hydrogen (secondary N) is 2. The van der Waals surface area contributed by atoms with Gasteiger partial charge in [0.1, 0.15) is 6.04 Å². The van der Waals surface area contributed by atoms with E-state index in [2.05, 4.69) is 17.4 Å². The van der Waals surface area contributed by atoms with Crippen LogP contribution in [0, 0.1) is 0 Å². The highest BCUT2D eigenvalue weighted by molar-refractivity contribution is 5.92. The van der Waals surface area contributed by atoms with Crippen LogP contribution < -0.4 is 10.2 Å². The minimum atomic E-state index is -4.52. The fourth-order valence-electron chi connectivity index (χ4n) is 4.08. The van der Waals surface area contributed by atoms with Crippen molar-refractivity contribution in [2.45, 2.75) is 12.2 Å². The summed E-state index contributed by atoms with van der Waals surface area (Å²) in [4.78, 5) is 13.5. The molecule has 1 aliphatic rings. The Morgan fingerprint density at radius 3 is 2.00 bits per heavy atom. The first-order chi connectivity index (χ1) is 13.9. The van der Waals surface area contributed by atoms with Gasteiger partial charge in [-0.05, 0) is 23.3 Å². The number of carbonyl (C=O) groups is 1. The Morgan fingerprint density at radius 2 is 1.41 bits per heavy atom. The molecule has 0 saturated carbocycles. The second-order valence-electron chi connectivity index (χ2n) is 7.22. The van der Waals surface area contributed by atoms with Gasteiger partial charge in [-0.3, -0.25) is 4.79 Å². The lowest BCUT2D eigenvalue weighted by Gasteiger charge is -2.23. The lowest BCUT2D eigenvalue weighted by atomic mass is 10.0. The smallest absolute Gasteiger partial charge is 0.321 e. The molecule has 3 aromatic rings. The fourth-order valence-corrected chi connectivity index (χ4v) is 4.08. The van der Waals surface area contributed by atoms with Crippen molar-refractivity contribution < 1.29 is 22.9 Å². The molecule has 0 radical (unpaired) electrons. The van der Waals surface area contributed by atoms with Crippen LogP contribution in [-0.2, 0) is 11.0 Å². The van der Waals surface area contributed by atoms with Crippen molar-refractivity contribution in [3.63, 3.8) is 0 Å². The van der Waals surface area contributed by atoms with E-state index in [-0.39, 0.29) is 18.3 Å². The third kappa shape index (κ3) is 3.63. The van der Waals surface area contributed by atoms with Crippen molar-refractivity contribution >= 4 is 11.6 Å². The molecule has 0 aromatic heterocycles. The molecule has 3 nitrogen and oxygen atoms in total. The number of benzene rings is 3. The molecule has 1 unspecified atom stereocenters. The number of anilines is 1. The van der Waals surface area contributed by atoms with Gasteiger partial charge in [0.15, 0.2) is 6.54 Å². The highest BCUT2D eigenvalue weighted by Gasteiger charge is 2.36. The van der Waals surface area contributed by atoms with Gasteiger partial charge in [0.05, 0.1) is 18.3 Å². The van der Waals surface area contributed by atoms with Gasteiger partial charge in [0, 0.05) is 11.1 Å². The number of likely N-dealkylation sites (N-methyl/N-ethyl adjacent to an activating group) is 1. The van der Waals surface area contributed by atoms with Crippen molar-refractivity contribution in [1.29, 1.82) is 0 Å². The van der Waals surface area contributed by atoms with Gasteiger partial charge in [-0.25, -0.2) is 0 Å². The van der Waals surface area contributed by atoms with Crippen LogP contribution in [0.5, 0.6) is 0 Å². The zero-order chi connectivity index (χ0) is 20.6. The van der Waals surface area contributed by atoms with Gasteiger partial charge in [-0.15, -0.1) is 0 Å². The number of alkyl halides is 3. The lowest BCUT2D eigenvalue weighted by Crippen LogP contribution is -3.10. The van der Waals surface area contributed by atoms with E-state index in [1.807, 2.05) is 43.4 Å². The van der Waals surface area contributed by atoms with E-state index in [1.54, 1.807) is 0 Å². The van der Waals surface area contributed by atoms with E-state index in [9.17, 15) is 18.0 Å². The number of hydrogen-bond acceptors (Lipinski definition) is 1. The third-order valence-corrected chi connectivity index (χ3v) is 5.27. The summed E-state index contributed by atoms with van der Waals surface area (Å²) < 4.78 is 39.5. The Balaban J connectivity index is 1.57. The highest BCUT2D eigenvalue weighted by Crippen LogP contribution is 2.41. The average Bonchev–Trinajstić information content (AvgIpc) is 3.02. The van der Waals surface area contributed by atoms with Crippen LogP contribution in [0.2, 0.25) is 0 Å². The van der Waals surface area contributed by atoms with E-state index >= 15 is 0 Å². The predicted octanol–water partition coefficient (Wildman–Crippen LogP) is 3.93. The minimum absolute atomic E-state index is 0.0412. The van der Waals surface area contributed by atoms with E-state index in [0.29, 0.717) is 0 Å². The molecule has 148 valence electrons. The fraction of sp³-hybridized carbons (Fsp3) is 0.174. The molecule has 6 heteroatoms. The van der Waals surface area contributed by atoms with E-state index in [0.717, 1.165) is 33.2 Å². The number of quaternary nitrogens is 1. The molecule has 0 aliphatic heterocycles. The first kappa shape index (κ1) is 19.2. The van der Waals surface area contributed by atoms with Crippen molar-refractivity contribution in [1.82, 2.24) is 0 Å². The standard InChI is InChI=1S/C23H19F3N2O/c1-28(14-21(29)27-20-13-7-6-12-19(20)23(24,25)26)22-17-10-4-2-8-15(17)16-9-3-5-11-18(16)22/h2-13,22H,14H2,1H3,(H,27,29)/p+1. The summed E-state index contributed by atoms with van der Waals surface area (Å²) in [5.74, 6) is -0.457. The third-order valence-electron chi connectivity index (χ3n) is 5.27. The van der Waals surface area contributed by atoms with E-state index in [4.69, 9.17) is 0 Å². The number of hydrogen-bond donors (Lipinski definition) is 2. The Morgan fingerprint density at radius 1 is 0.897 bits per heavy atom. The summed E-state index contributed by atoms with van der Waals surface area (Å²) in [6.07, 6.45) is -4.52. The minimum Gasteiger partial charge on any atom is -0.321 e.